The highest BCUT2D eigenvalue weighted by molar-refractivity contribution is 7.89. The van der Waals surface area contributed by atoms with Crippen LogP contribution >= 0.6 is 0 Å². The van der Waals surface area contributed by atoms with Crippen molar-refractivity contribution in [2.45, 2.75) is 18.4 Å². The van der Waals surface area contributed by atoms with E-state index in [1.165, 1.54) is 17.4 Å². The number of aryl methyl sites for hydroxylation is 1. The first-order valence-corrected chi connectivity index (χ1v) is 10.9. The van der Waals surface area contributed by atoms with Crippen LogP contribution in [0.3, 0.4) is 0 Å². The molecule has 0 saturated carbocycles. The standard InChI is InChI=1S/C23H23N3O4S/c1-16-7-13-19(14-8-16)31(29,30)26(2)15-17-9-11-18(12-10-17)23(28)25-21-6-4-3-5-20(21)22(24)27/h3-14H,15H2,1-2H3,(H2,24,27)(H,25,28). The van der Waals surface area contributed by atoms with Crippen molar-refractivity contribution in [3.63, 3.8) is 0 Å². The maximum atomic E-state index is 12.7. The average molecular weight is 438 g/mol. The van der Waals surface area contributed by atoms with Gasteiger partial charge in [-0.1, -0.05) is 42.0 Å². The van der Waals surface area contributed by atoms with Crippen LogP contribution in [0, 0.1) is 6.92 Å². The lowest BCUT2D eigenvalue weighted by atomic mass is 10.1. The summed E-state index contributed by atoms with van der Waals surface area (Å²) in [7, 11) is -2.11. The lowest BCUT2D eigenvalue weighted by molar-refractivity contribution is 0.100. The number of carbonyl (C=O) groups is 2. The number of nitrogens with two attached hydrogens (primary N) is 1. The van der Waals surface area contributed by atoms with Crippen molar-refractivity contribution in [2.75, 3.05) is 12.4 Å². The first kappa shape index (κ1) is 22.2. The molecule has 31 heavy (non-hydrogen) atoms. The van der Waals surface area contributed by atoms with E-state index in [2.05, 4.69) is 5.32 Å². The number of sulfonamides is 1. The van der Waals surface area contributed by atoms with Crippen molar-refractivity contribution in [3.05, 3.63) is 95.1 Å². The first-order valence-electron chi connectivity index (χ1n) is 9.50. The molecule has 0 radical (unpaired) electrons. The van der Waals surface area contributed by atoms with Crippen molar-refractivity contribution in [2.24, 2.45) is 5.73 Å². The molecule has 0 heterocycles. The fourth-order valence-electron chi connectivity index (χ4n) is 3.00. The molecule has 0 bridgehead atoms. The summed E-state index contributed by atoms with van der Waals surface area (Å²) in [6, 6.07) is 19.7. The second-order valence-electron chi connectivity index (χ2n) is 7.14. The number of primary amides is 1. The Kier molecular flexibility index (Phi) is 6.53. The lowest BCUT2D eigenvalue weighted by Gasteiger charge is -2.17. The molecular formula is C23H23N3O4S. The summed E-state index contributed by atoms with van der Waals surface area (Å²) < 4.78 is 26.7. The van der Waals surface area contributed by atoms with Gasteiger partial charge in [0, 0.05) is 19.2 Å². The third-order valence-electron chi connectivity index (χ3n) is 4.79. The van der Waals surface area contributed by atoms with Gasteiger partial charge in [0.2, 0.25) is 10.0 Å². The van der Waals surface area contributed by atoms with Gasteiger partial charge in [0.1, 0.15) is 0 Å². The minimum absolute atomic E-state index is 0.155. The summed E-state index contributed by atoms with van der Waals surface area (Å²) in [5.74, 6) is -1.04. The number of nitrogens with zero attached hydrogens (tertiary/aromatic N) is 1. The highest BCUT2D eigenvalue weighted by Gasteiger charge is 2.21. The van der Waals surface area contributed by atoms with Crippen molar-refractivity contribution in [1.82, 2.24) is 4.31 Å². The molecule has 0 unspecified atom stereocenters. The second-order valence-corrected chi connectivity index (χ2v) is 9.18. The highest BCUT2D eigenvalue weighted by atomic mass is 32.2. The highest BCUT2D eigenvalue weighted by Crippen LogP contribution is 2.19. The lowest BCUT2D eigenvalue weighted by Crippen LogP contribution is -2.26. The number of nitrogens with one attached hydrogen (secondary N) is 1. The fraction of sp³-hybridized carbons (Fsp3) is 0.130. The Morgan fingerprint density at radius 1 is 0.935 bits per heavy atom. The molecule has 3 N–H and O–H groups in total. The van der Waals surface area contributed by atoms with Gasteiger partial charge in [0.15, 0.2) is 0 Å². The van der Waals surface area contributed by atoms with Crippen LogP contribution in [0.2, 0.25) is 0 Å². The molecule has 0 aliphatic heterocycles. The number of hydrogen-bond acceptors (Lipinski definition) is 4. The third kappa shape index (κ3) is 5.17. The van der Waals surface area contributed by atoms with Crippen LogP contribution in [0.25, 0.3) is 0 Å². The number of rotatable bonds is 7. The molecule has 0 aromatic heterocycles. The molecule has 0 fully saturated rings. The Hall–Kier alpha value is -3.49. The van der Waals surface area contributed by atoms with Gasteiger partial charge in [-0.15, -0.1) is 0 Å². The molecule has 3 rings (SSSR count). The zero-order valence-corrected chi connectivity index (χ0v) is 18.0. The molecule has 160 valence electrons. The molecule has 0 atom stereocenters. The Labute approximate surface area is 181 Å². The van der Waals surface area contributed by atoms with Crippen molar-refractivity contribution in [3.8, 4) is 0 Å². The molecule has 0 saturated heterocycles. The number of para-hydroxylation sites is 1. The van der Waals surface area contributed by atoms with E-state index in [4.69, 9.17) is 5.73 Å². The Morgan fingerprint density at radius 3 is 2.16 bits per heavy atom. The summed E-state index contributed by atoms with van der Waals surface area (Å²) in [6.45, 7) is 2.05. The normalized spacial score (nSPS) is 11.3. The Morgan fingerprint density at radius 2 is 1.55 bits per heavy atom. The third-order valence-corrected chi connectivity index (χ3v) is 6.61. The smallest absolute Gasteiger partial charge is 0.255 e. The second kappa shape index (κ2) is 9.11. The Balaban J connectivity index is 1.71. The minimum atomic E-state index is -3.62. The van der Waals surface area contributed by atoms with Gasteiger partial charge in [0.25, 0.3) is 11.8 Å². The van der Waals surface area contributed by atoms with Crippen LogP contribution in [0.4, 0.5) is 5.69 Å². The maximum Gasteiger partial charge on any atom is 0.255 e. The predicted octanol–water partition coefficient (Wildman–Crippen LogP) is 3.17. The monoisotopic (exact) mass is 437 g/mol. The topological polar surface area (TPSA) is 110 Å². The molecule has 7 nitrogen and oxygen atoms in total. The number of hydrogen-bond donors (Lipinski definition) is 2. The van der Waals surface area contributed by atoms with Crippen molar-refractivity contribution < 1.29 is 18.0 Å². The van der Waals surface area contributed by atoms with Crippen LogP contribution in [-0.2, 0) is 16.6 Å². The minimum Gasteiger partial charge on any atom is -0.366 e. The zero-order chi connectivity index (χ0) is 22.6. The van der Waals surface area contributed by atoms with Crippen molar-refractivity contribution >= 4 is 27.5 Å². The fourth-order valence-corrected chi connectivity index (χ4v) is 4.15. The van der Waals surface area contributed by atoms with E-state index in [-0.39, 0.29) is 17.0 Å². The SMILES string of the molecule is Cc1ccc(S(=O)(=O)N(C)Cc2ccc(C(=O)Nc3ccccc3C(N)=O)cc2)cc1. The zero-order valence-electron chi connectivity index (χ0n) is 17.2. The van der Waals surface area contributed by atoms with E-state index >= 15 is 0 Å². The van der Waals surface area contributed by atoms with Crippen LogP contribution < -0.4 is 11.1 Å². The summed E-state index contributed by atoms with van der Waals surface area (Å²) in [5, 5.41) is 2.67. The number of anilines is 1. The van der Waals surface area contributed by atoms with E-state index < -0.39 is 21.8 Å². The summed E-state index contributed by atoms with van der Waals surface area (Å²) in [6.07, 6.45) is 0. The molecule has 3 aromatic carbocycles. The van der Waals surface area contributed by atoms with Crippen LogP contribution in [0.15, 0.2) is 77.7 Å². The predicted molar refractivity (Wildman–Crippen MR) is 119 cm³/mol. The van der Waals surface area contributed by atoms with Crippen LogP contribution in [0.5, 0.6) is 0 Å². The molecule has 2 amide bonds. The van der Waals surface area contributed by atoms with E-state index in [0.717, 1.165) is 11.1 Å². The summed E-state index contributed by atoms with van der Waals surface area (Å²) in [5.41, 5.74) is 7.96. The molecule has 0 spiro atoms. The van der Waals surface area contributed by atoms with Gasteiger partial charge in [0.05, 0.1) is 16.1 Å². The van der Waals surface area contributed by atoms with Gasteiger partial charge in [-0.2, -0.15) is 4.31 Å². The quantitative estimate of drug-likeness (QED) is 0.592. The van der Waals surface area contributed by atoms with Gasteiger partial charge < -0.3 is 11.1 Å². The van der Waals surface area contributed by atoms with Crippen LogP contribution in [-0.4, -0.2) is 31.6 Å². The van der Waals surface area contributed by atoms with E-state index in [9.17, 15) is 18.0 Å². The van der Waals surface area contributed by atoms with Gasteiger partial charge in [-0.25, -0.2) is 8.42 Å². The van der Waals surface area contributed by atoms with Gasteiger partial charge in [-0.05, 0) is 48.9 Å². The maximum absolute atomic E-state index is 12.7. The summed E-state index contributed by atoms with van der Waals surface area (Å²) >= 11 is 0. The molecule has 0 aliphatic rings. The first-order chi connectivity index (χ1) is 14.7. The number of benzene rings is 3. The number of carbonyl (C=O) groups excluding carboxylic acids is 2. The molecule has 3 aromatic rings. The van der Waals surface area contributed by atoms with Gasteiger partial charge in [-0.3, -0.25) is 9.59 Å². The van der Waals surface area contributed by atoms with E-state index in [0.29, 0.717) is 11.3 Å². The molecule has 0 aliphatic carbocycles. The van der Waals surface area contributed by atoms with Gasteiger partial charge >= 0.3 is 0 Å². The Bertz CT molecular complexity index is 1200. The number of amides is 2. The average Bonchev–Trinajstić information content (AvgIpc) is 2.74. The van der Waals surface area contributed by atoms with Crippen LogP contribution in [0.1, 0.15) is 31.8 Å². The summed E-state index contributed by atoms with van der Waals surface area (Å²) in [4.78, 5) is 24.3. The largest absolute Gasteiger partial charge is 0.366 e. The van der Waals surface area contributed by atoms with Crippen molar-refractivity contribution in [1.29, 1.82) is 0 Å². The molecule has 8 heteroatoms. The van der Waals surface area contributed by atoms with E-state index in [1.54, 1.807) is 66.7 Å². The van der Waals surface area contributed by atoms with E-state index in [1.807, 2.05) is 6.92 Å². The molecular weight excluding hydrogens is 414 g/mol.